The van der Waals surface area contributed by atoms with Gasteiger partial charge in [0.05, 0.1) is 13.2 Å². The molecule has 0 aromatic rings. The maximum Gasteiger partial charge on any atom is 0.219 e. The molecule has 0 saturated carbocycles. The summed E-state index contributed by atoms with van der Waals surface area (Å²) in [5.74, 6) is -2.16. The number of hydrogen-bond acceptors (Lipinski definition) is 6. The molecule has 0 radical (unpaired) electrons. The third-order valence-electron chi connectivity index (χ3n) is 1.93. The van der Waals surface area contributed by atoms with Crippen LogP contribution < -0.4 is 0 Å². The van der Waals surface area contributed by atoms with Gasteiger partial charge in [0.2, 0.25) is 5.79 Å². The summed E-state index contributed by atoms with van der Waals surface area (Å²) >= 11 is 0. The standard InChI is InChI=1S/C6H12O6/c7-1-3-4(9)5(10)6(11,2-8)12-3/h3-5,7-11H,1-2H2/t3-,4+,5-,6+/m1/s1. The van der Waals surface area contributed by atoms with Crippen LogP contribution in [0.3, 0.4) is 0 Å². The van der Waals surface area contributed by atoms with Crippen molar-refractivity contribution in [2.75, 3.05) is 13.2 Å². The Morgan fingerprint density at radius 3 is 2.08 bits per heavy atom. The Morgan fingerprint density at radius 2 is 1.83 bits per heavy atom. The predicted molar refractivity (Wildman–Crippen MR) is 36.0 cm³/mol. The molecule has 6 nitrogen and oxygen atoms in total. The SMILES string of the molecule is OC[C@H]1O[C@@](O)(CO)[C@H](O)[C@H]1O. The van der Waals surface area contributed by atoms with Crippen LogP contribution in [0, 0.1) is 0 Å². The fourth-order valence-corrected chi connectivity index (χ4v) is 1.15. The fourth-order valence-electron chi connectivity index (χ4n) is 1.15. The minimum Gasteiger partial charge on any atom is -0.394 e. The summed E-state index contributed by atoms with van der Waals surface area (Å²) in [5, 5.41) is 44.7. The molecule has 1 fully saturated rings. The molecule has 1 rings (SSSR count). The zero-order valence-electron chi connectivity index (χ0n) is 6.29. The van der Waals surface area contributed by atoms with Crippen molar-refractivity contribution in [3.05, 3.63) is 0 Å². The van der Waals surface area contributed by atoms with Crippen molar-refractivity contribution in [3.8, 4) is 0 Å². The summed E-state index contributed by atoms with van der Waals surface area (Å²) < 4.78 is 4.63. The first-order chi connectivity index (χ1) is 5.55. The number of aliphatic hydroxyl groups is 5. The van der Waals surface area contributed by atoms with Crippen LogP contribution in [0.5, 0.6) is 0 Å². The summed E-state index contributed by atoms with van der Waals surface area (Å²) in [4.78, 5) is 0. The Morgan fingerprint density at radius 1 is 1.25 bits per heavy atom. The van der Waals surface area contributed by atoms with E-state index in [0.717, 1.165) is 0 Å². The van der Waals surface area contributed by atoms with Gasteiger partial charge in [0.25, 0.3) is 0 Å². The van der Waals surface area contributed by atoms with Crippen LogP contribution in [0.4, 0.5) is 0 Å². The highest BCUT2D eigenvalue weighted by Crippen LogP contribution is 2.28. The summed E-state index contributed by atoms with van der Waals surface area (Å²) in [7, 11) is 0. The molecule has 5 N–H and O–H groups in total. The first kappa shape index (κ1) is 9.85. The van der Waals surface area contributed by atoms with Gasteiger partial charge in [-0.25, -0.2) is 0 Å². The average molecular weight is 180 g/mol. The third-order valence-corrected chi connectivity index (χ3v) is 1.93. The second-order valence-corrected chi connectivity index (χ2v) is 2.78. The Hall–Kier alpha value is -0.240. The van der Waals surface area contributed by atoms with E-state index in [1.807, 2.05) is 0 Å². The molecule has 0 spiro atoms. The molecule has 0 aromatic carbocycles. The maximum atomic E-state index is 9.25. The van der Waals surface area contributed by atoms with E-state index < -0.39 is 37.3 Å². The minimum absolute atomic E-state index is 0.527. The summed E-state index contributed by atoms with van der Waals surface area (Å²) in [6.45, 7) is -1.36. The summed E-state index contributed by atoms with van der Waals surface area (Å²) in [6.07, 6.45) is -4.04. The predicted octanol–water partition coefficient (Wildman–Crippen LogP) is -3.22. The van der Waals surface area contributed by atoms with E-state index in [2.05, 4.69) is 4.74 Å². The lowest BCUT2D eigenvalue weighted by Gasteiger charge is -2.22. The van der Waals surface area contributed by atoms with Crippen molar-refractivity contribution in [1.82, 2.24) is 0 Å². The van der Waals surface area contributed by atoms with Crippen LogP contribution in [0.15, 0.2) is 0 Å². The van der Waals surface area contributed by atoms with E-state index in [1.165, 1.54) is 0 Å². The Balaban J connectivity index is 2.72. The molecule has 0 amide bonds. The van der Waals surface area contributed by atoms with Crippen LogP contribution in [-0.2, 0) is 4.74 Å². The monoisotopic (exact) mass is 180 g/mol. The molecule has 1 saturated heterocycles. The normalized spacial score (nSPS) is 48.2. The number of hydrogen-bond donors (Lipinski definition) is 5. The average Bonchev–Trinajstić information content (AvgIpc) is 2.31. The summed E-state index contributed by atoms with van der Waals surface area (Å²) in [5.41, 5.74) is 0. The number of rotatable bonds is 2. The fraction of sp³-hybridized carbons (Fsp3) is 1.00. The largest absolute Gasteiger partial charge is 0.394 e. The van der Waals surface area contributed by atoms with E-state index in [4.69, 9.17) is 20.4 Å². The molecular formula is C6H12O6. The lowest BCUT2D eigenvalue weighted by atomic mass is 10.1. The number of aliphatic hydroxyl groups excluding tert-OH is 4. The van der Waals surface area contributed by atoms with Crippen LogP contribution in [0.2, 0.25) is 0 Å². The zero-order chi connectivity index (χ0) is 9.35. The van der Waals surface area contributed by atoms with Crippen LogP contribution in [-0.4, -0.2) is 62.8 Å². The Bertz CT molecular complexity index is 162. The second kappa shape index (κ2) is 3.25. The minimum atomic E-state index is -2.16. The lowest BCUT2D eigenvalue weighted by molar-refractivity contribution is -0.248. The summed E-state index contributed by atoms with van der Waals surface area (Å²) in [6, 6.07) is 0. The van der Waals surface area contributed by atoms with Crippen molar-refractivity contribution in [2.45, 2.75) is 24.1 Å². The van der Waals surface area contributed by atoms with E-state index in [-0.39, 0.29) is 0 Å². The molecule has 0 aromatic heterocycles. The first-order valence-corrected chi connectivity index (χ1v) is 3.53. The molecule has 4 atom stereocenters. The molecule has 6 heteroatoms. The number of ether oxygens (including phenoxy) is 1. The molecule has 1 aliphatic rings. The van der Waals surface area contributed by atoms with E-state index in [1.54, 1.807) is 0 Å². The molecule has 72 valence electrons. The van der Waals surface area contributed by atoms with Crippen LogP contribution in [0.1, 0.15) is 0 Å². The van der Waals surface area contributed by atoms with Gasteiger partial charge in [0.1, 0.15) is 18.3 Å². The van der Waals surface area contributed by atoms with E-state index in [9.17, 15) is 5.11 Å². The topological polar surface area (TPSA) is 110 Å². The molecule has 12 heavy (non-hydrogen) atoms. The van der Waals surface area contributed by atoms with Gasteiger partial charge in [-0.15, -0.1) is 0 Å². The van der Waals surface area contributed by atoms with Crippen molar-refractivity contribution >= 4 is 0 Å². The van der Waals surface area contributed by atoms with Gasteiger partial charge in [-0.2, -0.15) is 0 Å². The highest BCUT2D eigenvalue weighted by Gasteiger charge is 2.52. The molecular weight excluding hydrogens is 168 g/mol. The van der Waals surface area contributed by atoms with Gasteiger partial charge in [0.15, 0.2) is 0 Å². The Kier molecular flexibility index (Phi) is 2.67. The second-order valence-electron chi connectivity index (χ2n) is 2.78. The van der Waals surface area contributed by atoms with Gasteiger partial charge in [0, 0.05) is 0 Å². The van der Waals surface area contributed by atoms with Crippen LogP contribution in [0.25, 0.3) is 0 Å². The van der Waals surface area contributed by atoms with Gasteiger partial charge in [-0.3, -0.25) is 0 Å². The van der Waals surface area contributed by atoms with E-state index >= 15 is 0 Å². The molecule has 1 aliphatic heterocycles. The van der Waals surface area contributed by atoms with Crippen molar-refractivity contribution in [2.24, 2.45) is 0 Å². The van der Waals surface area contributed by atoms with Gasteiger partial charge >= 0.3 is 0 Å². The molecule has 0 unspecified atom stereocenters. The van der Waals surface area contributed by atoms with Crippen LogP contribution >= 0.6 is 0 Å². The van der Waals surface area contributed by atoms with Gasteiger partial charge < -0.3 is 30.3 Å². The van der Waals surface area contributed by atoms with Gasteiger partial charge in [-0.1, -0.05) is 0 Å². The van der Waals surface area contributed by atoms with Crippen molar-refractivity contribution in [3.63, 3.8) is 0 Å². The maximum absolute atomic E-state index is 9.25. The Labute approximate surface area is 68.6 Å². The highest BCUT2D eigenvalue weighted by atomic mass is 16.7. The van der Waals surface area contributed by atoms with Crippen molar-refractivity contribution < 1.29 is 30.3 Å². The third kappa shape index (κ3) is 1.33. The lowest BCUT2D eigenvalue weighted by Crippen LogP contribution is -2.46. The molecule has 1 heterocycles. The zero-order valence-corrected chi connectivity index (χ0v) is 6.29. The first-order valence-electron chi connectivity index (χ1n) is 3.53. The van der Waals surface area contributed by atoms with Gasteiger partial charge in [-0.05, 0) is 0 Å². The quantitative estimate of drug-likeness (QED) is 0.306. The van der Waals surface area contributed by atoms with E-state index in [0.29, 0.717) is 0 Å². The molecule has 0 bridgehead atoms. The smallest absolute Gasteiger partial charge is 0.219 e. The van der Waals surface area contributed by atoms with Crippen molar-refractivity contribution in [1.29, 1.82) is 0 Å². The molecule has 0 aliphatic carbocycles. The highest BCUT2D eigenvalue weighted by molar-refractivity contribution is 4.94.